The fourth-order valence-electron chi connectivity index (χ4n) is 6.04. The lowest BCUT2D eigenvalue weighted by molar-refractivity contribution is -0.159. The molecule has 0 aliphatic rings. The van der Waals surface area contributed by atoms with Crippen molar-refractivity contribution in [1.82, 2.24) is 4.90 Å². The van der Waals surface area contributed by atoms with E-state index in [9.17, 15) is 24.3 Å². The zero-order valence-corrected chi connectivity index (χ0v) is 29.7. The summed E-state index contributed by atoms with van der Waals surface area (Å²) in [6, 6.07) is -1.34. The zero-order chi connectivity index (χ0) is 33.4. The molecule has 0 unspecified atom stereocenters. The fourth-order valence-corrected chi connectivity index (χ4v) is 6.04. The van der Waals surface area contributed by atoms with Crippen molar-refractivity contribution in [2.24, 2.45) is 0 Å². The average Bonchev–Trinajstić information content (AvgIpc) is 3.03. The average molecular weight is 638 g/mol. The number of carbonyl (C=O) groups excluding carboxylic acids is 3. The highest BCUT2D eigenvalue weighted by molar-refractivity contribution is 5.99. The van der Waals surface area contributed by atoms with E-state index in [1.807, 2.05) is 0 Å². The number of nitrogens with zero attached hydrogens (tertiary/aromatic N) is 1. The van der Waals surface area contributed by atoms with Crippen LogP contribution in [-0.4, -0.2) is 46.9 Å². The van der Waals surface area contributed by atoms with Crippen LogP contribution in [0.15, 0.2) is 0 Å². The van der Waals surface area contributed by atoms with Gasteiger partial charge in [-0.1, -0.05) is 168 Å². The predicted molar refractivity (Wildman–Crippen MR) is 185 cm³/mol. The Morgan fingerprint density at radius 3 is 1.04 bits per heavy atom. The molecule has 2 amide bonds. The molecule has 0 fully saturated rings. The van der Waals surface area contributed by atoms with Crippen molar-refractivity contribution in [3.05, 3.63) is 0 Å². The summed E-state index contributed by atoms with van der Waals surface area (Å²) in [7, 11) is 1.25. The Kier molecular flexibility index (Phi) is 30.7. The third kappa shape index (κ3) is 25.9. The lowest BCUT2D eigenvalue weighted by Gasteiger charge is -2.27. The molecule has 0 aromatic rings. The van der Waals surface area contributed by atoms with Gasteiger partial charge in [-0.25, -0.2) is 4.79 Å². The van der Waals surface area contributed by atoms with Crippen LogP contribution in [0.3, 0.4) is 0 Å². The number of esters is 1. The number of carbonyl (C=O) groups is 4. The molecule has 0 aromatic heterocycles. The number of imide groups is 1. The van der Waals surface area contributed by atoms with Gasteiger partial charge in [0, 0.05) is 19.3 Å². The van der Waals surface area contributed by atoms with Crippen LogP contribution in [0.2, 0.25) is 0 Å². The molecule has 0 radical (unpaired) electrons. The van der Waals surface area contributed by atoms with E-state index in [1.165, 1.54) is 123 Å². The molecule has 264 valence electrons. The van der Waals surface area contributed by atoms with E-state index in [0.717, 1.165) is 43.4 Å². The fraction of sp³-hybridized carbons (Fsp3) is 0.895. The first kappa shape index (κ1) is 43.1. The van der Waals surface area contributed by atoms with Gasteiger partial charge in [-0.05, 0) is 19.3 Å². The van der Waals surface area contributed by atoms with E-state index >= 15 is 0 Å². The highest BCUT2D eigenvalue weighted by atomic mass is 16.5. The molecule has 7 nitrogen and oxygen atoms in total. The minimum absolute atomic E-state index is 0.128. The van der Waals surface area contributed by atoms with Crippen molar-refractivity contribution in [2.45, 2.75) is 213 Å². The van der Waals surface area contributed by atoms with E-state index in [2.05, 4.69) is 18.6 Å². The second-order valence-electron chi connectivity index (χ2n) is 13.1. The molecule has 45 heavy (non-hydrogen) atoms. The van der Waals surface area contributed by atoms with Crippen LogP contribution < -0.4 is 0 Å². The molecular weight excluding hydrogens is 566 g/mol. The second-order valence-corrected chi connectivity index (χ2v) is 13.1. The number of unbranched alkanes of at least 4 members (excludes halogenated alkanes) is 24. The zero-order valence-electron chi connectivity index (χ0n) is 29.7. The van der Waals surface area contributed by atoms with Gasteiger partial charge in [0.1, 0.15) is 6.04 Å². The molecular formula is C38H71NO6. The number of amides is 2. The van der Waals surface area contributed by atoms with E-state index in [0.29, 0.717) is 12.8 Å². The van der Waals surface area contributed by atoms with Crippen molar-refractivity contribution in [3.63, 3.8) is 0 Å². The van der Waals surface area contributed by atoms with Crippen molar-refractivity contribution in [3.8, 4) is 0 Å². The molecule has 0 bridgehead atoms. The third-order valence-electron chi connectivity index (χ3n) is 8.97. The van der Waals surface area contributed by atoms with Crippen molar-refractivity contribution in [1.29, 1.82) is 0 Å². The first-order chi connectivity index (χ1) is 21.9. The summed E-state index contributed by atoms with van der Waals surface area (Å²) in [6.45, 7) is 4.49. The molecule has 0 spiro atoms. The number of aliphatic carboxylic acids is 1. The monoisotopic (exact) mass is 638 g/mol. The summed E-state index contributed by atoms with van der Waals surface area (Å²) in [4.78, 5) is 51.2. The predicted octanol–water partition coefficient (Wildman–Crippen LogP) is 10.7. The van der Waals surface area contributed by atoms with Crippen LogP contribution in [0.5, 0.6) is 0 Å². The molecule has 0 heterocycles. The number of carboxylic acid groups (broad SMARTS) is 1. The van der Waals surface area contributed by atoms with Gasteiger partial charge in [0.15, 0.2) is 0 Å². The molecule has 0 aromatic carbocycles. The molecule has 7 heteroatoms. The summed E-state index contributed by atoms with van der Waals surface area (Å²) in [5.41, 5.74) is 0. The quantitative estimate of drug-likeness (QED) is 0.0567. The normalized spacial score (nSPS) is 11.8. The van der Waals surface area contributed by atoms with Crippen LogP contribution in [0.4, 0.5) is 0 Å². The van der Waals surface area contributed by atoms with Crippen LogP contribution in [0.25, 0.3) is 0 Å². The van der Waals surface area contributed by atoms with Crippen molar-refractivity contribution < 1.29 is 29.0 Å². The summed E-state index contributed by atoms with van der Waals surface area (Å²) in [5, 5.41) is 9.90. The lowest BCUT2D eigenvalue weighted by atomic mass is 10.0. The van der Waals surface area contributed by atoms with Crippen LogP contribution in [0, 0.1) is 0 Å². The third-order valence-corrected chi connectivity index (χ3v) is 8.97. The second kappa shape index (κ2) is 32.0. The van der Waals surface area contributed by atoms with Gasteiger partial charge in [-0.15, -0.1) is 0 Å². The number of carboxylic acids is 1. The van der Waals surface area contributed by atoms with Crippen molar-refractivity contribution >= 4 is 23.8 Å². The number of methoxy groups -OCH3 is 1. The van der Waals surface area contributed by atoms with Gasteiger partial charge in [-0.2, -0.15) is 0 Å². The van der Waals surface area contributed by atoms with Crippen LogP contribution >= 0.6 is 0 Å². The molecule has 0 rings (SSSR count). The van der Waals surface area contributed by atoms with Crippen molar-refractivity contribution in [2.75, 3.05) is 7.11 Å². The Morgan fingerprint density at radius 1 is 0.489 bits per heavy atom. The lowest BCUT2D eigenvalue weighted by Crippen LogP contribution is -2.48. The minimum atomic E-state index is -1.34. The summed E-state index contributed by atoms with van der Waals surface area (Å²) >= 11 is 0. The van der Waals surface area contributed by atoms with E-state index in [4.69, 9.17) is 0 Å². The molecule has 0 aliphatic heterocycles. The van der Waals surface area contributed by atoms with Gasteiger partial charge in [0.2, 0.25) is 11.8 Å². The Hall–Kier alpha value is -1.92. The Bertz CT molecular complexity index is 698. The minimum Gasteiger partial charge on any atom is -0.480 e. The summed E-state index contributed by atoms with van der Waals surface area (Å²) in [5.74, 6) is -2.67. The van der Waals surface area contributed by atoms with Gasteiger partial charge in [0.05, 0.1) is 7.11 Å². The number of hydrogen-bond acceptors (Lipinski definition) is 5. The van der Waals surface area contributed by atoms with E-state index in [-0.39, 0.29) is 25.7 Å². The molecule has 0 saturated carbocycles. The van der Waals surface area contributed by atoms with E-state index < -0.39 is 29.8 Å². The van der Waals surface area contributed by atoms with Crippen LogP contribution in [0.1, 0.15) is 206 Å². The summed E-state index contributed by atoms with van der Waals surface area (Å²) in [6.07, 6.45) is 31.0. The van der Waals surface area contributed by atoms with Crippen LogP contribution in [-0.2, 0) is 23.9 Å². The van der Waals surface area contributed by atoms with Gasteiger partial charge in [-0.3, -0.25) is 19.3 Å². The number of hydrogen-bond donors (Lipinski definition) is 1. The number of ether oxygens (including phenoxy) is 1. The number of rotatable bonds is 33. The highest BCUT2D eigenvalue weighted by Crippen LogP contribution is 2.18. The standard InChI is InChI=1S/C38H71NO6/c1-4-6-8-10-12-14-16-18-20-22-24-26-28-30-35(40)39(34(38(43)44)32-33-37(42)45-3)36(41)31-29-27-25-23-21-19-17-15-13-11-9-7-5-2/h34H,4-33H2,1-3H3,(H,43,44)/t34-/m0/s1. The molecule has 1 N–H and O–H groups in total. The largest absolute Gasteiger partial charge is 0.480 e. The maximum atomic E-state index is 13.2. The van der Waals surface area contributed by atoms with Gasteiger partial charge in [0.25, 0.3) is 0 Å². The smallest absolute Gasteiger partial charge is 0.326 e. The first-order valence-corrected chi connectivity index (χ1v) is 19.0. The van der Waals surface area contributed by atoms with Gasteiger partial charge < -0.3 is 9.84 Å². The Balaban J connectivity index is 4.48. The maximum Gasteiger partial charge on any atom is 0.326 e. The highest BCUT2D eigenvalue weighted by Gasteiger charge is 2.34. The first-order valence-electron chi connectivity index (χ1n) is 19.0. The molecule has 0 aliphatic carbocycles. The molecule has 1 atom stereocenters. The Morgan fingerprint density at radius 2 is 0.778 bits per heavy atom. The van der Waals surface area contributed by atoms with E-state index in [1.54, 1.807) is 0 Å². The topological polar surface area (TPSA) is 101 Å². The van der Waals surface area contributed by atoms with Gasteiger partial charge >= 0.3 is 11.9 Å². The maximum absolute atomic E-state index is 13.2. The Labute approximate surface area is 277 Å². The summed E-state index contributed by atoms with van der Waals surface area (Å²) < 4.78 is 4.67. The SMILES string of the molecule is CCCCCCCCCCCCCCCC(=O)N(C(=O)CCCCCCCCCCCCCCC)[C@@H](CCC(=O)OC)C(=O)O. The molecule has 0 saturated heterocycles.